The van der Waals surface area contributed by atoms with Crippen molar-refractivity contribution in [3.05, 3.63) is 64.2 Å². The molecule has 0 aliphatic rings. The van der Waals surface area contributed by atoms with Gasteiger partial charge in [-0.05, 0) is 43.5 Å². The van der Waals surface area contributed by atoms with E-state index in [1.165, 1.54) is 5.56 Å². The van der Waals surface area contributed by atoms with Crippen molar-refractivity contribution in [3.63, 3.8) is 0 Å². The molecule has 0 spiro atoms. The molecule has 0 radical (unpaired) electrons. The van der Waals surface area contributed by atoms with E-state index in [0.29, 0.717) is 17.9 Å². The van der Waals surface area contributed by atoms with Crippen LogP contribution in [0.5, 0.6) is 5.75 Å². The highest BCUT2D eigenvalue weighted by atomic mass is 16.5. The number of ether oxygens (including phenoxy) is 1. The number of carbonyl (C=O) groups is 1. The second-order valence-corrected chi connectivity index (χ2v) is 4.89. The van der Waals surface area contributed by atoms with Gasteiger partial charge in [-0.15, -0.1) is 0 Å². The number of hydrogen-bond acceptors (Lipinski definition) is 2. The third-order valence-electron chi connectivity index (χ3n) is 3.08. The molecule has 19 heavy (non-hydrogen) atoms. The molecular weight excluding hydrogens is 236 g/mol. The van der Waals surface area contributed by atoms with Gasteiger partial charge in [0.15, 0.2) is 6.29 Å². The van der Waals surface area contributed by atoms with Crippen molar-refractivity contribution in [1.82, 2.24) is 0 Å². The molecule has 0 unspecified atom stereocenters. The lowest BCUT2D eigenvalue weighted by Gasteiger charge is -2.12. The monoisotopic (exact) mass is 254 g/mol. The van der Waals surface area contributed by atoms with Crippen LogP contribution in [0.4, 0.5) is 0 Å². The third kappa shape index (κ3) is 3.22. The zero-order valence-corrected chi connectivity index (χ0v) is 11.6. The number of aryl methyl sites for hydroxylation is 3. The van der Waals surface area contributed by atoms with Crippen molar-refractivity contribution in [1.29, 1.82) is 0 Å². The van der Waals surface area contributed by atoms with E-state index in [1.807, 2.05) is 38.1 Å². The van der Waals surface area contributed by atoms with Gasteiger partial charge in [0.25, 0.3) is 0 Å². The average Bonchev–Trinajstić information content (AvgIpc) is 2.39. The summed E-state index contributed by atoms with van der Waals surface area (Å²) >= 11 is 0. The normalized spacial score (nSPS) is 10.3. The summed E-state index contributed by atoms with van der Waals surface area (Å²) in [7, 11) is 0. The van der Waals surface area contributed by atoms with Crippen LogP contribution in [-0.2, 0) is 6.61 Å². The Morgan fingerprint density at radius 2 is 1.68 bits per heavy atom. The van der Waals surface area contributed by atoms with Gasteiger partial charge in [0, 0.05) is 0 Å². The van der Waals surface area contributed by atoms with Gasteiger partial charge < -0.3 is 4.74 Å². The number of hydrogen-bond donors (Lipinski definition) is 0. The van der Waals surface area contributed by atoms with Crippen LogP contribution in [0.25, 0.3) is 0 Å². The van der Waals surface area contributed by atoms with E-state index < -0.39 is 0 Å². The molecule has 0 heterocycles. The molecule has 0 saturated heterocycles. The van der Waals surface area contributed by atoms with E-state index in [4.69, 9.17) is 4.74 Å². The van der Waals surface area contributed by atoms with Crippen LogP contribution in [0, 0.1) is 20.8 Å². The van der Waals surface area contributed by atoms with Crippen LogP contribution in [-0.4, -0.2) is 6.29 Å². The van der Waals surface area contributed by atoms with Gasteiger partial charge in [-0.3, -0.25) is 4.79 Å². The zero-order valence-electron chi connectivity index (χ0n) is 11.6. The highest BCUT2D eigenvalue weighted by Gasteiger charge is 2.08. The largest absolute Gasteiger partial charge is 0.488 e. The van der Waals surface area contributed by atoms with Crippen LogP contribution >= 0.6 is 0 Å². The molecule has 0 bridgehead atoms. The van der Waals surface area contributed by atoms with Crippen LogP contribution < -0.4 is 4.74 Å². The summed E-state index contributed by atoms with van der Waals surface area (Å²) in [4.78, 5) is 11.1. The molecule has 0 N–H and O–H groups in total. The predicted molar refractivity (Wildman–Crippen MR) is 76.8 cm³/mol. The van der Waals surface area contributed by atoms with E-state index in [-0.39, 0.29) is 0 Å². The first-order chi connectivity index (χ1) is 9.10. The summed E-state index contributed by atoms with van der Waals surface area (Å²) < 4.78 is 5.81. The third-order valence-corrected chi connectivity index (χ3v) is 3.08. The average molecular weight is 254 g/mol. The number of carbonyl (C=O) groups excluding carboxylic acids is 1. The lowest BCUT2D eigenvalue weighted by atomic mass is 10.1. The van der Waals surface area contributed by atoms with Gasteiger partial charge in [-0.2, -0.15) is 0 Å². The molecule has 0 atom stereocenters. The topological polar surface area (TPSA) is 26.3 Å². The van der Waals surface area contributed by atoms with Gasteiger partial charge in [-0.1, -0.05) is 35.9 Å². The first-order valence-electron chi connectivity index (χ1n) is 6.35. The molecule has 0 aromatic heterocycles. The van der Waals surface area contributed by atoms with Crippen LogP contribution in [0.15, 0.2) is 36.4 Å². The second-order valence-electron chi connectivity index (χ2n) is 4.89. The fourth-order valence-corrected chi connectivity index (χ4v) is 2.11. The molecule has 0 aliphatic heterocycles. The molecule has 2 aromatic rings. The van der Waals surface area contributed by atoms with Crippen molar-refractivity contribution < 1.29 is 9.53 Å². The Morgan fingerprint density at radius 3 is 2.32 bits per heavy atom. The zero-order chi connectivity index (χ0) is 13.8. The summed E-state index contributed by atoms with van der Waals surface area (Å²) in [6.45, 7) is 6.47. The molecule has 2 aromatic carbocycles. The van der Waals surface area contributed by atoms with Gasteiger partial charge in [0.1, 0.15) is 12.4 Å². The van der Waals surface area contributed by atoms with E-state index in [0.717, 1.165) is 23.0 Å². The fraction of sp³-hybridized carbons (Fsp3) is 0.235. The Balaban J connectivity index is 2.19. The minimum atomic E-state index is 0.477. The van der Waals surface area contributed by atoms with Crippen molar-refractivity contribution in [2.45, 2.75) is 27.4 Å². The highest BCUT2D eigenvalue weighted by molar-refractivity contribution is 5.80. The van der Waals surface area contributed by atoms with Gasteiger partial charge in [-0.25, -0.2) is 0 Å². The number of rotatable bonds is 4. The maximum Gasteiger partial charge on any atom is 0.153 e. The predicted octanol–water partition coefficient (Wildman–Crippen LogP) is 4.00. The Hall–Kier alpha value is -2.09. The van der Waals surface area contributed by atoms with Crippen molar-refractivity contribution >= 4 is 6.29 Å². The summed E-state index contributed by atoms with van der Waals surface area (Å²) in [5.41, 5.74) is 5.01. The SMILES string of the molecule is Cc1ccc(COc2c(C)cc(C)cc2C=O)cc1. The molecule has 0 saturated carbocycles. The number of aldehydes is 1. The summed E-state index contributed by atoms with van der Waals surface area (Å²) in [6.07, 6.45) is 0.852. The lowest BCUT2D eigenvalue weighted by Crippen LogP contribution is -2.01. The van der Waals surface area contributed by atoms with E-state index in [2.05, 4.69) is 19.1 Å². The quantitative estimate of drug-likeness (QED) is 0.771. The maximum atomic E-state index is 11.1. The van der Waals surface area contributed by atoms with Crippen LogP contribution in [0.3, 0.4) is 0 Å². The molecule has 2 rings (SSSR count). The molecule has 0 aliphatic carbocycles. The van der Waals surface area contributed by atoms with Gasteiger partial charge in [0.2, 0.25) is 0 Å². The molecule has 98 valence electrons. The van der Waals surface area contributed by atoms with Gasteiger partial charge in [0.05, 0.1) is 5.56 Å². The molecule has 0 amide bonds. The molecule has 0 fully saturated rings. The summed E-state index contributed by atoms with van der Waals surface area (Å²) in [6, 6.07) is 12.1. The van der Waals surface area contributed by atoms with E-state index >= 15 is 0 Å². The van der Waals surface area contributed by atoms with Crippen LogP contribution in [0.2, 0.25) is 0 Å². The fourth-order valence-electron chi connectivity index (χ4n) is 2.11. The Morgan fingerprint density at radius 1 is 1.00 bits per heavy atom. The van der Waals surface area contributed by atoms with E-state index in [9.17, 15) is 4.79 Å². The number of benzene rings is 2. The van der Waals surface area contributed by atoms with Gasteiger partial charge >= 0.3 is 0 Å². The maximum absolute atomic E-state index is 11.1. The Kier molecular flexibility index (Phi) is 4.00. The van der Waals surface area contributed by atoms with E-state index in [1.54, 1.807) is 0 Å². The minimum absolute atomic E-state index is 0.477. The second kappa shape index (κ2) is 5.70. The molecule has 2 heteroatoms. The summed E-state index contributed by atoms with van der Waals surface area (Å²) in [5, 5.41) is 0. The molecular formula is C17H18O2. The standard InChI is InChI=1S/C17H18O2/c1-12-4-6-15(7-5-12)11-19-17-14(3)8-13(2)9-16(17)10-18/h4-10H,11H2,1-3H3. The Bertz CT molecular complexity index is 583. The lowest BCUT2D eigenvalue weighted by molar-refractivity contribution is 0.111. The van der Waals surface area contributed by atoms with Crippen LogP contribution in [0.1, 0.15) is 32.6 Å². The van der Waals surface area contributed by atoms with Crippen molar-refractivity contribution in [2.24, 2.45) is 0 Å². The summed E-state index contributed by atoms with van der Waals surface area (Å²) in [5.74, 6) is 0.682. The first kappa shape index (κ1) is 13.3. The Labute approximate surface area is 114 Å². The first-order valence-corrected chi connectivity index (χ1v) is 6.35. The van der Waals surface area contributed by atoms with Crippen molar-refractivity contribution in [3.8, 4) is 5.75 Å². The molecule has 2 nitrogen and oxygen atoms in total. The minimum Gasteiger partial charge on any atom is -0.488 e. The smallest absolute Gasteiger partial charge is 0.153 e. The van der Waals surface area contributed by atoms with Crippen molar-refractivity contribution in [2.75, 3.05) is 0 Å². The highest BCUT2D eigenvalue weighted by Crippen LogP contribution is 2.25.